The fraction of sp³-hybridized carbons (Fsp3) is 0.857. The first kappa shape index (κ1) is 14.5. The molecule has 2 atom stereocenters. The summed E-state index contributed by atoms with van der Waals surface area (Å²) in [4.78, 5) is 6.91. The number of hydrogen-bond acceptors (Lipinski definition) is 4. The van der Waals surface area contributed by atoms with Crippen LogP contribution in [0.4, 0.5) is 0 Å². The quantitative estimate of drug-likeness (QED) is 0.900. The van der Waals surface area contributed by atoms with Gasteiger partial charge in [0.1, 0.15) is 12.2 Å². The van der Waals surface area contributed by atoms with Crippen LogP contribution in [-0.4, -0.2) is 44.8 Å². The van der Waals surface area contributed by atoms with Crippen molar-refractivity contribution in [2.75, 3.05) is 13.1 Å². The number of rotatable bonds is 3. The lowest BCUT2D eigenvalue weighted by Gasteiger charge is -2.43. The Labute approximate surface area is 116 Å². The SMILES string of the molecule is CCn1ncnc1CN1CC(C(C)(C)C)NCC1C. The summed E-state index contributed by atoms with van der Waals surface area (Å²) in [5.41, 5.74) is 0.289. The van der Waals surface area contributed by atoms with Crippen LogP contribution < -0.4 is 5.32 Å². The highest BCUT2D eigenvalue weighted by atomic mass is 15.4. The van der Waals surface area contributed by atoms with Crippen molar-refractivity contribution >= 4 is 0 Å². The third kappa shape index (κ3) is 3.34. The third-order valence-electron chi connectivity index (χ3n) is 4.09. The average Bonchev–Trinajstić information content (AvgIpc) is 2.77. The fourth-order valence-electron chi connectivity index (χ4n) is 2.58. The van der Waals surface area contributed by atoms with E-state index in [2.05, 4.69) is 54.9 Å². The van der Waals surface area contributed by atoms with E-state index in [0.717, 1.165) is 32.0 Å². The van der Waals surface area contributed by atoms with Crippen LogP contribution in [0.2, 0.25) is 0 Å². The molecule has 2 rings (SSSR count). The summed E-state index contributed by atoms with van der Waals surface area (Å²) in [5.74, 6) is 1.07. The molecule has 2 unspecified atom stereocenters. The highest BCUT2D eigenvalue weighted by Gasteiger charge is 2.32. The maximum absolute atomic E-state index is 4.39. The molecule has 1 N–H and O–H groups in total. The standard InChI is InChI=1S/C14H27N5/c1-6-19-13(16-10-17-19)9-18-8-12(14(3,4)5)15-7-11(18)2/h10-12,15H,6-9H2,1-5H3. The van der Waals surface area contributed by atoms with Crippen molar-refractivity contribution in [2.45, 2.75) is 59.8 Å². The summed E-state index contributed by atoms with van der Waals surface area (Å²) in [6.45, 7) is 15.2. The van der Waals surface area contributed by atoms with Gasteiger partial charge in [0.15, 0.2) is 0 Å². The normalized spacial score (nSPS) is 25.7. The highest BCUT2D eigenvalue weighted by molar-refractivity contribution is 4.93. The molecule has 1 aromatic heterocycles. The van der Waals surface area contributed by atoms with E-state index in [1.165, 1.54) is 0 Å². The smallest absolute Gasteiger partial charge is 0.141 e. The lowest BCUT2D eigenvalue weighted by molar-refractivity contribution is 0.0843. The number of nitrogens with one attached hydrogen (secondary N) is 1. The average molecular weight is 265 g/mol. The molecule has 1 fully saturated rings. The van der Waals surface area contributed by atoms with Crippen molar-refractivity contribution < 1.29 is 0 Å². The Morgan fingerprint density at radius 2 is 2.16 bits per heavy atom. The zero-order valence-corrected chi connectivity index (χ0v) is 12.8. The summed E-state index contributed by atoms with van der Waals surface area (Å²) < 4.78 is 1.99. The summed E-state index contributed by atoms with van der Waals surface area (Å²) >= 11 is 0. The molecule has 1 aromatic rings. The number of aryl methyl sites for hydroxylation is 1. The van der Waals surface area contributed by atoms with Crippen molar-refractivity contribution in [2.24, 2.45) is 5.41 Å². The topological polar surface area (TPSA) is 46.0 Å². The monoisotopic (exact) mass is 265 g/mol. The largest absolute Gasteiger partial charge is 0.311 e. The predicted molar refractivity (Wildman–Crippen MR) is 76.8 cm³/mol. The fourth-order valence-corrected chi connectivity index (χ4v) is 2.58. The second-order valence-corrected chi connectivity index (χ2v) is 6.60. The Kier molecular flexibility index (Phi) is 4.26. The van der Waals surface area contributed by atoms with Crippen LogP contribution >= 0.6 is 0 Å². The van der Waals surface area contributed by atoms with E-state index in [4.69, 9.17) is 0 Å². The zero-order chi connectivity index (χ0) is 14.0. The summed E-state index contributed by atoms with van der Waals surface area (Å²) in [5, 5.41) is 7.92. The minimum Gasteiger partial charge on any atom is -0.311 e. The van der Waals surface area contributed by atoms with E-state index in [1.54, 1.807) is 6.33 Å². The molecule has 1 aliphatic heterocycles. The molecule has 108 valence electrons. The molecule has 0 saturated carbocycles. The van der Waals surface area contributed by atoms with Gasteiger partial charge in [0.2, 0.25) is 0 Å². The maximum atomic E-state index is 4.39. The third-order valence-corrected chi connectivity index (χ3v) is 4.09. The van der Waals surface area contributed by atoms with E-state index in [0.29, 0.717) is 12.1 Å². The van der Waals surface area contributed by atoms with E-state index in [1.807, 2.05) is 4.68 Å². The molecule has 1 saturated heterocycles. The van der Waals surface area contributed by atoms with E-state index in [9.17, 15) is 0 Å². The Morgan fingerprint density at radius 1 is 1.42 bits per heavy atom. The first-order chi connectivity index (χ1) is 8.91. The Balaban J connectivity index is 2.06. The molecule has 0 radical (unpaired) electrons. The van der Waals surface area contributed by atoms with Crippen LogP contribution in [0.3, 0.4) is 0 Å². The summed E-state index contributed by atoms with van der Waals surface area (Å²) in [6, 6.07) is 1.07. The first-order valence-electron chi connectivity index (χ1n) is 7.26. The molecule has 5 heteroatoms. The molecule has 0 amide bonds. The first-order valence-corrected chi connectivity index (χ1v) is 7.26. The number of piperazine rings is 1. The molecule has 19 heavy (non-hydrogen) atoms. The minimum absolute atomic E-state index is 0.289. The van der Waals surface area contributed by atoms with Crippen LogP contribution in [0.5, 0.6) is 0 Å². The predicted octanol–water partition coefficient (Wildman–Crippen LogP) is 1.51. The van der Waals surface area contributed by atoms with Gasteiger partial charge in [0.25, 0.3) is 0 Å². The lowest BCUT2D eigenvalue weighted by atomic mass is 9.85. The molecule has 0 aromatic carbocycles. The molecule has 0 spiro atoms. The summed E-state index contributed by atoms with van der Waals surface area (Å²) in [6.07, 6.45) is 1.66. The zero-order valence-electron chi connectivity index (χ0n) is 12.8. The minimum atomic E-state index is 0.289. The van der Waals surface area contributed by atoms with Gasteiger partial charge in [0, 0.05) is 31.7 Å². The second kappa shape index (κ2) is 5.59. The van der Waals surface area contributed by atoms with Gasteiger partial charge in [0.05, 0.1) is 6.54 Å². The molecular weight excluding hydrogens is 238 g/mol. The number of nitrogens with zero attached hydrogens (tertiary/aromatic N) is 4. The van der Waals surface area contributed by atoms with Gasteiger partial charge in [-0.1, -0.05) is 20.8 Å². The lowest BCUT2D eigenvalue weighted by Crippen LogP contribution is -2.59. The molecule has 5 nitrogen and oxygen atoms in total. The van der Waals surface area contributed by atoms with Gasteiger partial charge in [-0.3, -0.25) is 4.90 Å². The molecule has 1 aliphatic rings. The molecular formula is C14H27N5. The van der Waals surface area contributed by atoms with Crippen molar-refractivity contribution in [3.8, 4) is 0 Å². The van der Waals surface area contributed by atoms with Crippen molar-refractivity contribution in [3.63, 3.8) is 0 Å². The number of aromatic nitrogens is 3. The van der Waals surface area contributed by atoms with Gasteiger partial charge in [-0.2, -0.15) is 5.10 Å². The Hall–Kier alpha value is -0.940. The van der Waals surface area contributed by atoms with Crippen molar-refractivity contribution in [1.29, 1.82) is 0 Å². The van der Waals surface area contributed by atoms with E-state index >= 15 is 0 Å². The number of hydrogen-bond donors (Lipinski definition) is 1. The van der Waals surface area contributed by atoms with E-state index < -0.39 is 0 Å². The summed E-state index contributed by atoms with van der Waals surface area (Å²) in [7, 11) is 0. The van der Waals surface area contributed by atoms with Gasteiger partial charge in [-0.05, 0) is 19.3 Å². The van der Waals surface area contributed by atoms with Crippen molar-refractivity contribution in [1.82, 2.24) is 25.0 Å². The van der Waals surface area contributed by atoms with Crippen LogP contribution in [-0.2, 0) is 13.1 Å². The van der Waals surface area contributed by atoms with Gasteiger partial charge in [-0.15, -0.1) is 0 Å². The Morgan fingerprint density at radius 3 is 2.79 bits per heavy atom. The van der Waals surface area contributed by atoms with Crippen LogP contribution in [0.15, 0.2) is 6.33 Å². The Bertz CT molecular complexity index is 406. The molecule has 0 aliphatic carbocycles. The van der Waals surface area contributed by atoms with E-state index in [-0.39, 0.29) is 5.41 Å². The van der Waals surface area contributed by atoms with Gasteiger partial charge < -0.3 is 5.32 Å². The second-order valence-electron chi connectivity index (χ2n) is 6.60. The highest BCUT2D eigenvalue weighted by Crippen LogP contribution is 2.24. The van der Waals surface area contributed by atoms with Crippen LogP contribution in [0, 0.1) is 5.41 Å². The maximum Gasteiger partial charge on any atom is 0.141 e. The van der Waals surface area contributed by atoms with Crippen LogP contribution in [0.1, 0.15) is 40.4 Å². The van der Waals surface area contributed by atoms with Gasteiger partial charge in [-0.25, -0.2) is 9.67 Å². The van der Waals surface area contributed by atoms with Crippen molar-refractivity contribution in [3.05, 3.63) is 12.2 Å². The van der Waals surface area contributed by atoms with Crippen LogP contribution in [0.25, 0.3) is 0 Å². The van der Waals surface area contributed by atoms with Gasteiger partial charge >= 0.3 is 0 Å². The molecule has 2 heterocycles. The molecule has 0 bridgehead atoms.